The molecule has 6 heteroatoms. The first kappa shape index (κ1) is 13.7. The molecule has 0 aromatic heterocycles. The summed E-state index contributed by atoms with van der Waals surface area (Å²) in [7, 11) is 0. The van der Waals surface area contributed by atoms with Gasteiger partial charge in [0.15, 0.2) is 0 Å². The van der Waals surface area contributed by atoms with Crippen molar-refractivity contribution in [3.8, 4) is 0 Å². The van der Waals surface area contributed by atoms with E-state index in [0.29, 0.717) is 12.3 Å². The molecule has 0 aliphatic carbocycles. The molecule has 1 atom stereocenters. The van der Waals surface area contributed by atoms with E-state index in [0.717, 1.165) is 0 Å². The fourth-order valence-electron chi connectivity index (χ4n) is 1.07. The molecule has 0 fully saturated rings. The largest absolute Gasteiger partial charge is 0.448 e. The van der Waals surface area contributed by atoms with Crippen LogP contribution in [0.1, 0.15) is 20.3 Å². The zero-order chi connectivity index (χ0) is 11.8. The zero-order valence-electron chi connectivity index (χ0n) is 9.16. The first-order valence-electron chi connectivity index (χ1n) is 4.89. The van der Waals surface area contributed by atoms with Crippen molar-refractivity contribution in [3.05, 3.63) is 0 Å². The molecule has 0 radical (unpaired) electrons. The maximum atomic E-state index is 11.3. The van der Waals surface area contributed by atoms with Crippen LogP contribution in [0.15, 0.2) is 0 Å². The zero-order valence-corrected chi connectivity index (χ0v) is 9.16. The number of ether oxygens (including phenoxy) is 1. The number of nitrogens with two attached hydrogens (primary N) is 2. The predicted molar refractivity (Wildman–Crippen MR) is 56.0 cm³/mol. The smallest absolute Gasteiger partial charge is 0.404 e. The summed E-state index contributed by atoms with van der Waals surface area (Å²) < 4.78 is 4.44. The Morgan fingerprint density at radius 2 is 2.00 bits per heavy atom. The Labute approximate surface area is 89.3 Å². The molecule has 2 amide bonds. The van der Waals surface area contributed by atoms with Gasteiger partial charge in [-0.25, -0.2) is 4.79 Å². The number of carbonyl (C=O) groups is 2. The third-order valence-electron chi connectivity index (χ3n) is 1.71. The Kier molecular flexibility index (Phi) is 6.44. The Bertz CT molecular complexity index is 219. The normalized spacial score (nSPS) is 12.3. The molecular formula is C9H19N3O3. The third kappa shape index (κ3) is 7.75. The van der Waals surface area contributed by atoms with Gasteiger partial charge in [-0.3, -0.25) is 4.79 Å². The molecule has 1 unspecified atom stereocenters. The van der Waals surface area contributed by atoms with Crippen LogP contribution in [0.25, 0.3) is 0 Å². The van der Waals surface area contributed by atoms with Gasteiger partial charge in [0.25, 0.3) is 0 Å². The van der Waals surface area contributed by atoms with Gasteiger partial charge in [0, 0.05) is 0 Å². The van der Waals surface area contributed by atoms with E-state index in [-0.39, 0.29) is 19.1 Å². The fourth-order valence-corrected chi connectivity index (χ4v) is 1.07. The first-order chi connectivity index (χ1) is 6.93. The van der Waals surface area contributed by atoms with Gasteiger partial charge in [0.05, 0.1) is 12.6 Å². The van der Waals surface area contributed by atoms with Crippen molar-refractivity contribution in [1.82, 2.24) is 5.32 Å². The van der Waals surface area contributed by atoms with Crippen LogP contribution < -0.4 is 16.8 Å². The van der Waals surface area contributed by atoms with Crippen LogP contribution in [0.3, 0.4) is 0 Å². The molecule has 5 N–H and O–H groups in total. The molecule has 0 aliphatic heterocycles. The molecule has 0 bridgehead atoms. The minimum absolute atomic E-state index is 0.0650. The second-order valence-electron chi connectivity index (χ2n) is 3.69. The van der Waals surface area contributed by atoms with Gasteiger partial charge in [-0.2, -0.15) is 0 Å². The maximum absolute atomic E-state index is 11.3. The average molecular weight is 217 g/mol. The number of rotatable bonds is 6. The molecule has 0 aromatic rings. The second kappa shape index (κ2) is 7.05. The standard InChI is InChI=1S/C9H19N3O3/c1-6(2)5-7(10)8(13)12-3-4-15-9(11)14/h6-7H,3-5,10H2,1-2H3,(H2,11,14)(H,12,13). The van der Waals surface area contributed by atoms with Gasteiger partial charge in [-0.05, 0) is 12.3 Å². The Hall–Kier alpha value is -1.30. The van der Waals surface area contributed by atoms with Crippen LogP contribution in [-0.4, -0.2) is 31.2 Å². The lowest BCUT2D eigenvalue weighted by atomic mass is 10.0. The van der Waals surface area contributed by atoms with Gasteiger partial charge in [0.1, 0.15) is 6.61 Å². The summed E-state index contributed by atoms with van der Waals surface area (Å²) in [4.78, 5) is 21.5. The van der Waals surface area contributed by atoms with Crippen molar-refractivity contribution in [2.24, 2.45) is 17.4 Å². The number of carbonyl (C=O) groups excluding carboxylic acids is 2. The first-order valence-corrected chi connectivity index (χ1v) is 4.89. The molecule has 0 aromatic carbocycles. The quantitative estimate of drug-likeness (QED) is 0.525. The molecule has 6 nitrogen and oxygen atoms in total. The molecule has 0 aliphatic rings. The van der Waals surface area contributed by atoms with E-state index in [1.807, 2.05) is 13.8 Å². The van der Waals surface area contributed by atoms with Crippen LogP contribution in [0, 0.1) is 5.92 Å². The van der Waals surface area contributed by atoms with E-state index < -0.39 is 12.1 Å². The minimum Gasteiger partial charge on any atom is -0.448 e. The van der Waals surface area contributed by atoms with E-state index in [9.17, 15) is 9.59 Å². The van der Waals surface area contributed by atoms with Gasteiger partial charge in [-0.1, -0.05) is 13.8 Å². The van der Waals surface area contributed by atoms with Gasteiger partial charge >= 0.3 is 6.09 Å². The molecular weight excluding hydrogens is 198 g/mol. The Morgan fingerprint density at radius 3 is 2.47 bits per heavy atom. The molecule has 0 saturated carbocycles. The highest BCUT2D eigenvalue weighted by atomic mass is 16.5. The lowest BCUT2D eigenvalue weighted by Crippen LogP contribution is -2.42. The molecule has 0 saturated heterocycles. The maximum Gasteiger partial charge on any atom is 0.404 e. The van der Waals surface area contributed by atoms with E-state index in [1.54, 1.807) is 0 Å². The summed E-state index contributed by atoms with van der Waals surface area (Å²) in [5.74, 6) is 0.129. The number of primary amides is 1. The number of nitrogens with one attached hydrogen (secondary N) is 1. The van der Waals surface area contributed by atoms with Gasteiger partial charge in [0.2, 0.25) is 5.91 Å². The summed E-state index contributed by atoms with van der Waals surface area (Å²) >= 11 is 0. The lowest BCUT2D eigenvalue weighted by Gasteiger charge is -2.13. The molecule has 0 heterocycles. The summed E-state index contributed by atoms with van der Waals surface area (Å²) in [6.45, 7) is 4.27. The second-order valence-corrected chi connectivity index (χ2v) is 3.69. The van der Waals surface area contributed by atoms with Crippen molar-refractivity contribution < 1.29 is 14.3 Å². The van der Waals surface area contributed by atoms with Crippen molar-refractivity contribution in [1.29, 1.82) is 0 Å². The monoisotopic (exact) mass is 217 g/mol. The Balaban J connectivity index is 3.60. The molecule has 0 rings (SSSR count). The van der Waals surface area contributed by atoms with Crippen LogP contribution in [-0.2, 0) is 9.53 Å². The van der Waals surface area contributed by atoms with Crippen molar-refractivity contribution in [2.45, 2.75) is 26.3 Å². The van der Waals surface area contributed by atoms with Crippen LogP contribution >= 0.6 is 0 Å². The molecule has 88 valence electrons. The van der Waals surface area contributed by atoms with E-state index in [4.69, 9.17) is 11.5 Å². The third-order valence-corrected chi connectivity index (χ3v) is 1.71. The average Bonchev–Trinajstić information content (AvgIpc) is 2.10. The van der Waals surface area contributed by atoms with E-state index >= 15 is 0 Å². The number of hydrogen-bond acceptors (Lipinski definition) is 4. The summed E-state index contributed by atoms with van der Waals surface area (Å²) in [6.07, 6.45) is -0.224. The highest BCUT2D eigenvalue weighted by Crippen LogP contribution is 2.02. The highest BCUT2D eigenvalue weighted by molar-refractivity contribution is 5.81. The van der Waals surface area contributed by atoms with Crippen molar-refractivity contribution >= 4 is 12.0 Å². The number of hydrogen-bond donors (Lipinski definition) is 3. The summed E-state index contributed by atoms with van der Waals surface area (Å²) in [5, 5.41) is 2.55. The summed E-state index contributed by atoms with van der Waals surface area (Å²) in [6, 6.07) is -0.515. The molecule has 15 heavy (non-hydrogen) atoms. The fraction of sp³-hybridized carbons (Fsp3) is 0.778. The highest BCUT2D eigenvalue weighted by Gasteiger charge is 2.13. The van der Waals surface area contributed by atoms with Crippen LogP contribution in [0.2, 0.25) is 0 Å². The summed E-state index contributed by atoms with van der Waals surface area (Å²) in [5.41, 5.74) is 10.4. The Morgan fingerprint density at radius 1 is 1.40 bits per heavy atom. The van der Waals surface area contributed by atoms with Crippen molar-refractivity contribution in [3.63, 3.8) is 0 Å². The van der Waals surface area contributed by atoms with Crippen LogP contribution in [0.5, 0.6) is 0 Å². The SMILES string of the molecule is CC(C)CC(N)C(=O)NCCOC(N)=O. The van der Waals surface area contributed by atoms with Gasteiger partial charge < -0.3 is 21.5 Å². The topological polar surface area (TPSA) is 107 Å². The van der Waals surface area contributed by atoms with E-state index in [2.05, 4.69) is 10.1 Å². The predicted octanol–water partition coefficient (Wildman–Crippen LogP) is -0.429. The van der Waals surface area contributed by atoms with Crippen molar-refractivity contribution in [2.75, 3.05) is 13.2 Å². The lowest BCUT2D eigenvalue weighted by molar-refractivity contribution is -0.122. The van der Waals surface area contributed by atoms with E-state index in [1.165, 1.54) is 0 Å². The van der Waals surface area contributed by atoms with Gasteiger partial charge in [-0.15, -0.1) is 0 Å². The minimum atomic E-state index is -0.851. The van der Waals surface area contributed by atoms with Crippen LogP contribution in [0.4, 0.5) is 4.79 Å². The number of amides is 2. The molecule has 0 spiro atoms.